The van der Waals surface area contributed by atoms with Crippen LogP contribution in [-0.2, 0) is 19.6 Å². The number of ether oxygens (including phenoxy) is 1. The van der Waals surface area contributed by atoms with Crippen molar-refractivity contribution in [3.8, 4) is 0 Å². The minimum atomic E-state index is -4.05. The van der Waals surface area contributed by atoms with Crippen molar-refractivity contribution in [2.24, 2.45) is 10.3 Å². The first-order chi connectivity index (χ1) is 19.4. The van der Waals surface area contributed by atoms with Gasteiger partial charge >= 0.3 is 5.97 Å². The third-order valence-electron chi connectivity index (χ3n) is 7.22. The van der Waals surface area contributed by atoms with Crippen LogP contribution in [0.5, 0.6) is 0 Å². The van der Waals surface area contributed by atoms with Crippen molar-refractivity contribution in [3.63, 3.8) is 0 Å². The monoisotopic (exact) mass is 549 g/mol. The van der Waals surface area contributed by atoms with E-state index in [9.17, 15) is 13.2 Å². The van der Waals surface area contributed by atoms with Crippen molar-refractivity contribution >= 4 is 21.7 Å². The molecule has 1 aliphatic carbocycles. The standard InChI is InChI=1S/C34H31NO4S/c1-3-39-34(36)30-23-29(31(25-13-7-4-8-14-25)32(30)26-15-9-5-10-16-26)33(27-17-11-6-12-18-27)35-40(37,38)28-21-19-24(2)20-22-28/h4-23,29,31-32H,3H2,1-2H3/b35-33-/t29-,31+,32+/m0/s1. The second-order valence-corrected chi connectivity index (χ2v) is 11.4. The normalized spacial score (nSPS) is 19.2. The zero-order chi connectivity index (χ0) is 28.1. The van der Waals surface area contributed by atoms with Crippen LogP contribution in [0.4, 0.5) is 0 Å². The summed E-state index contributed by atoms with van der Waals surface area (Å²) < 4.78 is 37.4. The Bertz CT molecular complexity index is 1630. The molecule has 0 unspecified atom stereocenters. The SMILES string of the molecule is CCOC(=O)C1=C[C@H](/C(=N\S(=O)(=O)c2ccc(C)cc2)c2ccccc2)[C@@H](c2ccccc2)[C@@H]1c1ccccc1. The molecule has 5 nitrogen and oxygen atoms in total. The first-order valence-electron chi connectivity index (χ1n) is 13.3. The van der Waals surface area contributed by atoms with E-state index in [4.69, 9.17) is 4.74 Å². The van der Waals surface area contributed by atoms with Gasteiger partial charge in [0, 0.05) is 23.3 Å². The molecule has 202 valence electrons. The van der Waals surface area contributed by atoms with Crippen LogP contribution in [0.1, 0.15) is 41.0 Å². The fourth-order valence-corrected chi connectivity index (χ4v) is 6.46. The van der Waals surface area contributed by atoms with E-state index in [2.05, 4.69) is 4.40 Å². The van der Waals surface area contributed by atoms with E-state index in [0.717, 1.165) is 16.7 Å². The second-order valence-electron chi connectivity index (χ2n) is 9.82. The largest absolute Gasteiger partial charge is 0.463 e. The molecule has 0 saturated heterocycles. The maximum Gasteiger partial charge on any atom is 0.334 e. The minimum Gasteiger partial charge on any atom is -0.463 e. The molecule has 6 heteroatoms. The quantitative estimate of drug-likeness (QED) is 0.178. The van der Waals surface area contributed by atoms with Crippen LogP contribution in [-0.4, -0.2) is 26.7 Å². The first kappa shape index (κ1) is 27.3. The summed E-state index contributed by atoms with van der Waals surface area (Å²) in [5, 5.41) is 0. The number of rotatable bonds is 8. The van der Waals surface area contributed by atoms with Crippen molar-refractivity contribution in [2.75, 3.05) is 6.61 Å². The molecule has 5 rings (SSSR count). The number of allylic oxidation sites excluding steroid dienone is 1. The lowest BCUT2D eigenvalue weighted by atomic mass is 9.75. The van der Waals surface area contributed by atoms with E-state index in [-0.39, 0.29) is 23.3 Å². The number of esters is 1. The zero-order valence-corrected chi connectivity index (χ0v) is 23.3. The average Bonchev–Trinajstić information content (AvgIpc) is 3.38. The van der Waals surface area contributed by atoms with Crippen molar-refractivity contribution < 1.29 is 17.9 Å². The number of hydrogen-bond donors (Lipinski definition) is 0. The van der Waals surface area contributed by atoms with Gasteiger partial charge in [-0.05, 0) is 42.7 Å². The number of hydrogen-bond acceptors (Lipinski definition) is 4. The molecule has 0 aromatic heterocycles. The van der Waals surface area contributed by atoms with Crippen molar-refractivity contribution in [3.05, 3.63) is 149 Å². The fraction of sp³-hybridized carbons (Fsp3) is 0.176. The average molecular weight is 550 g/mol. The van der Waals surface area contributed by atoms with Gasteiger partial charge in [-0.15, -0.1) is 0 Å². The molecule has 4 aromatic rings. The lowest BCUT2D eigenvalue weighted by molar-refractivity contribution is -0.138. The lowest BCUT2D eigenvalue weighted by Gasteiger charge is -2.28. The summed E-state index contributed by atoms with van der Waals surface area (Å²) in [6, 6.07) is 35.7. The highest BCUT2D eigenvalue weighted by Gasteiger charge is 2.45. The lowest BCUT2D eigenvalue weighted by Crippen LogP contribution is -2.24. The molecule has 0 heterocycles. The summed E-state index contributed by atoms with van der Waals surface area (Å²) in [5.41, 5.74) is 4.45. The smallest absolute Gasteiger partial charge is 0.334 e. The molecule has 0 spiro atoms. The Kier molecular flexibility index (Phi) is 8.08. The molecule has 0 saturated carbocycles. The summed E-state index contributed by atoms with van der Waals surface area (Å²) in [6.45, 7) is 3.92. The van der Waals surface area contributed by atoms with E-state index in [1.165, 1.54) is 0 Å². The molecule has 40 heavy (non-hydrogen) atoms. The van der Waals surface area contributed by atoms with E-state index in [1.807, 2.05) is 104 Å². The molecule has 1 aliphatic rings. The van der Waals surface area contributed by atoms with Crippen LogP contribution in [0.3, 0.4) is 0 Å². The van der Waals surface area contributed by atoms with Gasteiger partial charge < -0.3 is 4.74 Å². The molecule has 0 fully saturated rings. The van der Waals surface area contributed by atoms with Crippen LogP contribution in [0.15, 0.2) is 136 Å². The van der Waals surface area contributed by atoms with Crippen LogP contribution >= 0.6 is 0 Å². The maximum atomic E-state index is 13.7. The van der Waals surface area contributed by atoms with Gasteiger partial charge in [-0.3, -0.25) is 0 Å². The molecular weight excluding hydrogens is 518 g/mol. The highest BCUT2D eigenvalue weighted by molar-refractivity contribution is 7.90. The third-order valence-corrected chi connectivity index (χ3v) is 8.52. The van der Waals surface area contributed by atoms with Gasteiger partial charge in [-0.2, -0.15) is 12.8 Å². The van der Waals surface area contributed by atoms with Gasteiger partial charge in [0.05, 0.1) is 17.2 Å². The summed E-state index contributed by atoms with van der Waals surface area (Å²) in [5.74, 6) is -1.58. The van der Waals surface area contributed by atoms with Crippen LogP contribution < -0.4 is 0 Å². The summed E-state index contributed by atoms with van der Waals surface area (Å²) in [7, 11) is -4.05. The first-order valence-corrected chi connectivity index (χ1v) is 14.8. The summed E-state index contributed by atoms with van der Waals surface area (Å²) in [6.07, 6.45) is 1.86. The summed E-state index contributed by atoms with van der Waals surface area (Å²) >= 11 is 0. The number of benzene rings is 4. The number of aryl methyl sites for hydroxylation is 1. The van der Waals surface area contributed by atoms with Crippen LogP contribution in [0.25, 0.3) is 0 Å². The summed E-state index contributed by atoms with van der Waals surface area (Å²) in [4.78, 5) is 13.5. The van der Waals surface area contributed by atoms with E-state index in [0.29, 0.717) is 16.8 Å². The number of nitrogens with zero attached hydrogens (tertiary/aromatic N) is 1. The van der Waals surface area contributed by atoms with Crippen molar-refractivity contribution in [2.45, 2.75) is 30.6 Å². The maximum absolute atomic E-state index is 13.7. The Labute approximate surface area is 235 Å². The molecule has 0 bridgehead atoms. The highest BCUT2D eigenvalue weighted by atomic mass is 32.2. The molecule has 0 radical (unpaired) electrons. The van der Waals surface area contributed by atoms with Gasteiger partial charge in [-0.25, -0.2) is 4.79 Å². The second kappa shape index (κ2) is 11.8. The number of sulfonamides is 1. The Morgan fingerprint density at radius 2 is 1.32 bits per heavy atom. The molecule has 3 atom stereocenters. The molecule has 4 aromatic carbocycles. The predicted molar refractivity (Wildman–Crippen MR) is 158 cm³/mol. The van der Waals surface area contributed by atoms with Gasteiger partial charge in [0.25, 0.3) is 10.0 Å². The Morgan fingerprint density at radius 3 is 1.90 bits per heavy atom. The van der Waals surface area contributed by atoms with E-state index in [1.54, 1.807) is 31.2 Å². The van der Waals surface area contributed by atoms with Gasteiger partial charge in [0.1, 0.15) is 0 Å². The molecule has 0 amide bonds. The van der Waals surface area contributed by atoms with Crippen molar-refractivity contribution in [1.82, 2.24) is 0 Å². The van der Waals surface area contributed by atoms with E-state index >= 15 is 0 Å². The van der Waals surface area contributed by atoms with Gasteiger partial charge in [-0.1, -0.05) is 115 Å². The number of carbonyl (C=O) groups is 1. The fourth-order valence-electron chi connectivity index (χ4n) is 5.39. The van der Waals surface area contributed by atoms with Crippen LogP contribution in [0, 0.1) is 12.8 Å². The highest BCUT2D eigenvalue weighted by Crippen LogP contribution is 2.51. The Morgan fingerprint density at radius 1 is 0.775 bits per heavy atom. The van der Waals surface area contributed by atoms with Gasteiger partial charge in [0.2, 0.25) is 0 Å². The Hall–Kier alpha value is -4.29. The predicted octanol–water partition coefficient (Wildman–Crippen LogP) is 6.86. The topological polar surface area (TPSA) is 72.8 Å². The van der Waals surface area contributed by atoms with Gasteiger partial charge in [0.15, 0.2) is 0 Å². The molecular formula is C34H31NO4S. The molecule has 0 N–H and O–H groups in total. The minimum absolute atomic E-state index is 0.120. The van der Waals surface area contributed by atoms with Crippen LogP contribution in [0.2, 0.25) is 0 Å². The Balaban J connectivity index is 1.76. The van der Waals surface area contributed by atoms with Crippen molar-refractivity contribution in [1.29, 1.82) is 0 Å². The van der Waals surface area contributed by atoms with E-state index < -0.39 is 21.9 Å². The zero-order valence-electron chi connectivity index (χ0n) is 22.5. The third kappa shape index (κ3) is 5.68. The number of carbonyl (C=O) groups excluding carboxylic acids is 1. The molecule has 0 aliphatic heterocycles.